The number of nitrogens with one attached hydrogen (secondary N) is 1. The van der Waals surface area contributed by atoms with Crippen LogP contribution in [0.15, 0.2) is 50.2 Å². The van der Waals surface area contributed by atoms with Crippen LogP contribution in [0.2, 0.25) is 0 Å². The van der Waals surface area contributed by atoms with Crippen molar-refractivity contribution in [2.75, 3.05) is 0 Å². The topological polar surface area (TPSA) is 118 Å². The molecule has 0 aliphatic carbocycles. The summed E-state index contributed by atoms with van der Waals surface area (Å²) in [5.41, 5.74) is -3.42. The van der Waals surface area contributed by atoms with E-state index < -0.39 is 52.2 Å². The second-order valence-corrected chi connectivity index (χ2v) is 8.09. The van der Waals surface area contributed by atoms with Crippen LogP contribution in [0.5, 0.6) is 0 Å². The number of halogens is 4. The van der Waals surface area contributed by atoms with Crippen molar-refractivity contribution in [3.63, 3.8) is 0 Å². The molecule has 162 valence electrons. The van der Waals surface area contributed by atoms with E-state index in [1.54, 1.807) is 0 Å². The molecule has 0 aliphatic heterocycles. The molecule has 0 amide bonds. The third-order valence-corrected chi connectivity index (χ3v) is 5.50. The summed E-state index contributed by atoms with van der Waals surface area (Å²) in [5.74, 6) is -2.06. The first-order valence-corrected chi connectivity index (χ1v) is 9.82. The Morgan fingerprint density at radius 1 is 1.13 bits per heavy atom. The number of nitrogens with zero attached hydrogens (tertiary/aromatic N) is 2. The van der Waals surface area contributed by atoms with E-state index >= 15 is 0 Å². The Kier molecular flexibility index (Phi) is 5.71. The fraction of sp³-hybridized carbons (Fsp3) is 0.294. The van der Waals surface area contributed by atoms with Crippen molar-refractivity contribution in [1.29, 1.82) is 0 Å². The summed E-state index contributed by atoms with van der Waals surface area (Å²) in [4.78, 5) is 3.46. The molecule has 2 aromatic heterocycles. The molecule has 3 aromatic rings. The van der Waals surface area contributed by atoms with E-state index in [2.05, 4.69) is 14.9 Å². The highest BCUT2D eigenvalue weighted by atomic mass is 32.2. The van der Waals surface area contributed by atoms with Gasteiger partial charge >= 0.3 is 6.18 Å². The molecule has 0 fully saturated rings. The molecule has 2 heterocycles. The van der Waals surface area contributed by atoms with Gasteiger partial charge in [0.05, 0.1) is 17.9 Å². The molecular weight excluding hydrogens is 434 g/mol. The number of rotatable bonds is 7. The van der Waals surface area contributed by atoms with Crippen molar-refractivity contribution < 1.29 is 40.0 Å². The molecule has 0 saturated heterocycles. The van der Waals surface area contributed by atoms with Crippen molar-refractivity contribution in [3.8, 4) is 0 Å². The highest BCUT2D eigenvalue weighted by molar-refractivity contribution is 7.89. The highest BCUT2D eigenvalue weighted by Gasteiger charge is 2.58. The maximum atomic E-state index is 13.5. The maximum absolute atomic E-state index is 13.5. The molecular formula is C17H15F4N3O5S. The second kappa shape index (κ2) is 7.81. The van der Waals surface area contributed by atoms with Gasteiger partial charge in [-0.2, -0.15) is 18.2 Å². The van der Waals surface area contributed by atoms with E-state index in [0.717, 1.165) is 30.3 Å². The smallest absolute Gasteiger partial charge is 0.425 e. The molecule has 0 radical (unpaired) electrons. The van der Waals surface area contributed by atoms with Crippen molar-refractivity contribution in [2.45, 2.75) is 36.6 Å². The Hall–Kier alpha value is -2.77. The van der Waals surface area contributed by atoms with Crippen molar-refractivity contribution in [2.24, 2.45) is 0 Å². The van der Waals surface area contributed by atoms with Gasteiger partial charge < -0.3 is 14.0 Å². The van der Waals surface area contributed by atoms with Gasteiger partial charge in [-0.25, -0.2) is 17.5 Å². The predicted molar refractivity (Wildman–Crippen MR) is 91.8 cm³/mol. The van der Waals surface area contributed by atoms with Crippen molar-refractivity contribution in [3.05, 3.63) is 65.5 Å². The lowest BCUT2D eigenvalue weighted by atomic mass is 9.96. The minimum Gasteiger partial charge on any atom is -0.463 e. The van der Waals surface area contributed by atoms with Gasteiger partial charge in [-0.05, 0) is 43.3 Å². The normalized spacial score (nSPS) is 14.6. The van der Waals surface area contributed by atoms with Crippen molar-refractivity contribution >= 4 is 10.0 Å². The van der Waals surface area contributed by atoms with E-state index in [1.807, 2.05) is 0 Å². The summed E-state index contributed by atoms with van der Waals surface area (Å²) in [7, 11) is -4.05. The van der Waals surface area contributed by atoms with Gasteiger partial charge in [-0.1, -0.05) is 5.16 Å². The number of hydrogen-bond acceptors (Lipinski definition) is 7. The van der Waals surface area contributed by atoms with E-state index in [1.165, 1.54) is 13.0 Å². The summed E-state index contributed by atoms with van der Waals surface area (Å²) < 4.78 is 89.5. The lowest BCUT2D eigenvalue weighted by molar-refractivity contribution is -0.273. The molecule has 0 unspecified atom stereocenters. The molecule has 3 rings (SSSR count). The average Bonchev–Trinajstić information content (AvgIpc) is 3.28. The monoisotopic (exact) mass is 449 g/mol. The fourth-order valence-electron chi connectivity index (χ4n) is 2.49. The van der Waals surface area contributed by atoms with Gasteiger partial charge in [0.1, 0.15) is 17.3 Å². The van der Waals surface area contributed by atoms with Crippen LogP contribution in [0.1, 0.15) is 23.2 Å². The molecule has 0 saturated carbocycles. The zero-order valence-electron chi connectivity index (χ0n) is 15.3. The number of alkyl halides is 3. The van der Waals surface area contributed by atoms with Crippen LogP contribution < -0.4 is 4.72 Å². The summed E-state index contributed by atoms with van der Waals surface area (Å²) in [5, 5.41) is 13.6. The van der Waals surface area contributed by atoms with Crippen LogP contribution in [0.4, 0.5) is 17.6 Å². The predicted octanol–water partition coefficient (Wildman–Crippen LogP) is 2.58. The van der Waals surface area contributed by atoms with Crippen LogP contribution in [0.3, 0.4) is 0 Å². The number of benzene rings is 1. The molecule has 1 aromatic carbocycles. The van der Waals surface area contributed by atoms with E-state index in [0.29, 0.717) is 0 Å². The lowest BCUT2D eigenvalue weighted by Crippen LogP contribution is -2.44. The van der Waals surface area contributed by atoms with Gasteiger partial charge in [0, 0.05) is 0 Å². The van der Waals surface area contributed by atoms with E-state index in [-0.39, 0.29) is 16.5 Å². The molecule has 0 bridgehead atoms. The molecule has 8 nitrogen and oxygen atoms in total. The SMILES string of the molecule is Cc1ccc([C@](O)(Cc2nc(CNS(=O)(=O)c3ccc(F)cc3)no2)C(F)(F)F)o1. The Bertz CT molecular complexity index is 1120. The van der Waals surface area contributed by atoms with E-state index in [4.69, 9.17) is 8.94 Å². The van der Waals surface area contributed by atoms with Crippen LogP contribution >= 0.6 is 0 Å². The van der Waals surface area contributed by atoms with Crippen LogP contribution in [0, 0.1) is 12.7 Å². The van der Waals surface area contributed by atoms with Gasteiger partial charge in [0.15, 0.2) is 5.82 Å². The Morgan fingerprint density at radius 2 is 1.80 bits per heavy atom. The number of furan rings is 1. The van der Waals surface area contributed by atoms with Gasteiger partial charge in [0.25, 0.3) is 0 Å². The van der Waals surface area contributed by atoms with Crippen LogP contribution in [0.25, 0.3) is 0 Å². The number of aliphatic hydroxyl groups is 1. The summed E-state index contributed by atoms with van der Waals surface area (Å²) in [6, 6.07) is 6.22. The fourth-order valence-corrected chi connectivity index (χ4v) is 3.47. The van der Waals surface area contributed by atoms with Crippen LogP contribution in [-0.2, 0) is 28.6 Å². The molecule has 0 spiro atoms. The third kappa shape index (κ3) is 4.52. The Balaban J connectivity index is 1.74. The summed E-state index contributed by atoms with van der Waals surface area (Å²) in [6.07, 6.45) is -6.25. The van der Waals surface area contributed by atoms with Gasteiger partial charge in [-0.15, -0.1) is 0 Å². The quantitative estimate of drug-likeness (QED) is 0.532. The maximum Gasteiger partial charge on any atom is 0.425 e. The number of aromatic nitrogens is 2. The molecule has 0 aliphatic rings. The molecule has 30 heavy (non-hydrogen) atoms. The van der Waals surface area contributed by atoms with Gasteiger partial charge in [-0.3, -0.25) is 0 Å². The first-order chi connectivity index (χ1) is 13.9. The number of aryl methyl sites for hydroxylation is 1. The Labute approximate surface area is 167 Å². The molecule has 1 atom stereocenters. The summed E-state index contributed by atoms with van der Waals surface area (Å²) >= 11 is 0. The van der Waals surface area contributed by atoms with Gasteiger partial charge in [0.2, 0.25) is 21.5 Å². The first kappa shape index (κ1) is 21.9. The minimum atomic E-state index is -5.11. The first-order valence-electron chi connectivity index (χ1n) is 8.33. The third-order valence-electron chi connectivity index (χ3n) is 4.08. The van der Waals surface area contributed by atoms with E-state index in [9.17, 15) is 31.1 Å². The largest absolute Gasteiger partial charge is 0.463 e. The number of sulfonamides is 1. The minimum absolute atomic E-state index is 0.161. The zero-order chi connectivity index (χ0) is 22.2. The molecule has 13 heteroatoms. The van der Waals surface area contributed by atoms with Crippen molar-refractivity contribution in [1.82, 2.24) is 14.9 Å². The zero-order valence-corrected chi connectivity index (χ0v) is 16.1. The lowest BCUT2D eigenvalue weighted by Gasteiger charge is -2.27. The Morgan fingerprint density at radius 3 is 2.37 bits per heavy atom. The van der Waals surface area contributed by atoms with Crippen LogP contribution in [-0.4, -0.2) is 29.8 Å². The number of hydrogen-bond donors (Lipinski definition) is 2. The highest BCUT2D eigenvalue weighted by Crippen LogP contribution is 2.41. The summed E-state index contributed by atoms with van der Waals surface area (Å²) in [6.45, 7) is 0.909. The molecule has 2 N–H and O–H groups in total. The second-order valence-electron chi connectivity index (χ2n) is 6.33. The average molecular weight is 449 g/mol. The standard InChI is InChI=1S/C17H15F4N3O5S/c1-10-2-7-13(28-10)16(25,17(19,20)21)8-15-23-14(24-29-15)9-22-30(26,27)12-5-3-11(18)4-6-12/h2-7,22,25H,8-9H2,1H3/t16-/m1/s1.